The lowest BCUT2D eigenvalue weighted by Crippen LogP contribution is -2.42. The molecule has 5 nitrogen and oxygen atoms in total. The third-order valence-electron chi connectivity index (χ3n) is 5.18. The van der Waals surface area contributed by atoms with Gasteiger partial charge in [-0.2, -0.15) is 4.98 Å². The molecule has 3 aromatic rings. The Morgan fingerprint density at radius 3 is 2.59 bits per heavy atom. The molecule has 29 heavy (non-hydrogen) atoms. The summed E-state index contributed by atoms with van der Waals surface area (Å²) in [5.41, 5.74) is 8.35. The number of benzene rings is 2. The minimum Gasteiger partial charge on any atom is -0.350 e. The lowest BCUT2D eigenvalue weighted by molar-refractivity contribution is 0.402. The minimum atomic E-state index is -0.867. The van der Waals surface area contributed by atoms with E-state index in [0.29, 0.717) is 17.3 Å². The Kier molecular flexibility index (Phi) is 5.67. The number of halogens is 2. The third-order valence-corrected chi connectivity index (χ3v) is 5.18. The predicted molar refractivity (Wildman–Crippen MR) is 111 cm³/mol. The summed E-state index contributed by atoms with van der Waals surface area (Å²) in [7, 11) is 0. The van der Waals surface area contributed by atoms with Crippen molar-refractivity contribution < 1.29 is 8.78 Å². The van der Waals surface area contributed by atoms with Crippen molar-refractivity contribution in [1.82, 2.24) is 9.97 Å². The van der Waals surface area contributed by atoms with Crippen molar-refractivity contribution in [3.8, 4) is 11.1 Å². The summed E-state index contributed by atoms with van der Waals surface area (Å²) in [6, 6.07) is 13.4. The number of aromatic nitrogens is 2. The molecule has 1 aliphatic carbocycles. The van der Waals surface area contributed by atoms with E-state index in [1.807, 2.05) is 24.3 Å². The first-order valence-corrected chi connectivity index (χ1v) is 9.76. The van der Waals surface area contributed by atoms with Crippen molar-refractivity contribution in [1.29, 1.82) is 0 Å². The Bertz CT molecular complexity index is 994. The highest BCUT2D eigenvalue weighted by Crippen LogP contribution is 2.26. The summed E-state index contributed by atoms with van der Waals surface area (Å²) in [5, 5.41) is 6.58. The molecule has 4 rings (SSSR count). The van der Waals surface area contributed by atoms with Gasteiger partial charge in [0.15, 0.2) is 11.6 Å². The highest BCUT2D eigenvalue weighted by atomic mass is 19.2. The SMILES string of the molecule is N[C@H]1CCCC[C@H]1Nc1nccc(Nc2cccc(-c3ccc(F)c(F)c3)c2)n1. The van der Waals surface area contributed by atoms with E-state index in [2.05, 4.69) is 20.6 Å². The summed E-state index contributed by atoms with van der Waals surface area (Å²) < 4.78 is 26.7. The molecule has 2 aromatic carbocycles. The Labute approximate surface area is 168 Å². The van der Waals surface area contributed by atoms with Gasteiger partial charge >= 0.3 is 0 Å². The van der Waals surface area contributed by atoms with E-state index in [-0.39, 0.29) is 12.1 Å². The number of nitrogens with zero attached hydrogens (tertiary/aromatic N) is 2. The minimum absolute atomic E-state index is 0.108. The van der Waals surface area contributed by atoms with Gasteiger partial charge in [0, 0.05) is 24.0 Å². The first-order chi connectivity index (χ1) is 14.1. The Morgan fingerprint density at radius 1 is 0.931 bits per heavy atom. The average Bonchev–Trinajstić information content (AvgIpc) is 2.72. The van der Waals surface area contributed by atoms with Crippen molar-refractivity contribution >= 4 is 17.5 Å². The van der Waals surface area contributed by atoms with E-state index in [9.17, 15) is 8.78 Å². The molecular formula is C22H23F2N5. The van der Waals surface area contributed by atoms with E-state index in [4.69, 9.17) is 5.73 Å². The zero-order valence-electron chi connectivity index (χ0n) is 15.9. The maximum atomic E-state index is 13.6. The van der Waals surface area contributed by atoms with Crippen LogP contribution in [0.4, 0.5) is 26.2 Å². The molecule has 1 aromatic heterocycles. The largest absolute Gasteiger partial charge is 0.350 e. The van der Waals surface area contributed by atoms with Crippen LogP contribution in [0.2, 0.25) is 0 Å². The normalized spacial score (nSPS) is 19.0. The maximum absolute atomic E-state index is 13.6. The van der Waals surface area contributed by atoms with Gasteiger partial charge in [-0.25, -0.2) is 13.8 Å². The van der Waals surface area contributed by atoms with E-state index >= 15 is 0 Å². The fourth-order valence-electron chi connectivity index (χ4n) is 3.60. The van der Waals surface area contributed by atoms with Gasteiger partial charge in [0.2, 0.25) is 5.95 Å². The highest BCUT2D eigenvalue weighted by Gasteiger charge is 2.22. The second-order valence-electron chi connectivity index (χ2n) is 7.30. The van der Waals surface area contributed by atoms with Crippen LogP contribution in [0.25, 0.3) is 11.1 Å². The summed E-state index contributed by atoms with van der Waals surface area (Å²) >= 11 is 0. The molecule has 1 saturated carbocycles. The van der Waals surface area contributed by atoms with Crippen LogP contribution < -0.4 is 16.4 Å². The molecule has 150 valence electrons. The molecule has 1 heterocycles. The van der Waals surface area contributed by atoms with Crippen molar-refractivity contribution in [2.75, 3.05) is 10.6 Å². The molecule has 0 bridgehead atoms. The van der Waals surface area contributed by atoms with Crippen molar-refractivity contribution in [3.05, 3.63) is 66.4 Å². The lowest BCUT2D eigenvalue weighted by Gasteiger charge is -2.29. The van der Waals surface area contributed by atoms with Gasteiger partial charge < -0.3 is 16.4 Å². The van der Waals surface area contributed by atoms with Crippen LogP contribution in [0.1, 0.15) is 25.7 Å². The van der Waals surface area contributed by atoms with Gasteiger partial charge in [0.1, 0.15) is 5.82 Å². The molecule has 7 heteroatoms. The molecule has 0 spiro atoms. The molecular weight excluding hydrogens is 372 g/mol. The fraction of sp³-hybridized carbons (Fsp3) is 0.273. The van der Waals surface area contributed by atoms with Gasteiger partial charge in [-0.1, -0.05) is 31.0 Å². The smallest absolute Gasteiger partial charge is 0.224 e. The average molecular weight is 395 g/mol. The molecule has 0 aliphatic heterocycles. The van der Waals surface area contributed by atoms with Gasteiger partial charge in [-0.15, -0.1) is 0 Å². The summed E-state index contributed by atoms with van der Waals surface area (Å²) in [5.74, 6) is -0.557. The first kappa shape index (κ1) is 19.3. The van der Waals surface area contributed by atoms with E-state index in [1.54, 1.807) is 18.3 Å². The maximum Gasteiger partial charge on any atom is 0.224 e. The monoisotopic (exact) mass is 395 g/mol. The second kappa shape index (κ2) is 8.53. The summed E-state index contributed by atoms with van der Waals surface area (Å²) in [6.07, 6.45) is 6.02. The van der Waals surface area contributed by atoms with E-state index < -0.39 is 11.6 Å². The second-order valence-corrected chi connectivity index (χ2v) is 7.30. The number of nitrogens with two attached hydrogens (primary N) is 1. The van der Waals surface area contributed by atoms with Crippen LogP contribution in [-0.4, -0.2) is 22.1 Å². The van der Waals surface area contributed by atoms with Crippen LogP contribution in [0.15, 0.2) is 54.7 Å². The topological polar surface area (TPSA) is 75.9 Å². The number of hydrogen-bond acceptors (Lipinski definition) is 5. The van der Waals surface area contributed by atoms with Crippen LogP contribution in [-0.2, 0) is 0 Å². The van der Waals surface area contributed by atoms with Gasteiger partial charge in [-0.05, 0) is 54.3 Å². The number of hydrogen-bond donors (Lipinski definition) is 3. The van der Waals surface area contributed by atoms with Crippen molar-refractivity contribution in [3.63, 3.8) is 0 Å². The molecule has 2 atom stereocenters. The lowest BCUT2D eigenvalue weighted by atomic mass is 9.91. The van der Waals surface area contributed by atoms with Gasteiger partial charge in [0.05, 0.1) is 0 Å². The standard InChI is InChI=1S/C22H23F2N5/c23-17-9-8-15(13-18(17)24)14-4-3-5-16(12-14)27-21-10-11-26-22(29-21)28-20-7-2-1-6-19(20)25/h3-5,8-13,19-20H,1-2,6-7,25H2,(H2,26,27,28,29)/t19-,20+/m0/s1. The predicted octanol–water partition coefficient (Wildman–Crippen LogP) is 4.85. The Hall–Kier alpha value is -3.06. The Balaban J connectivity index is 1.50. The molecule has 1 aliphatic rings. The van der Waals surface area contributed by atoms with Crippen LogP contribution in [0, 0.1) is 11.6 Å². The van der Waals surface area contributed by atoms with Gasteiger partial charge in [0.25, 0.3) is 0 Å². The fourth-order valence-corrected chi connectivity index (χ4v) is 3.60. The van der Waals surface area contributed by atoms with Crippen LogP contribution in [0.3, 0.4) is 0 Å². The summed E-state index contributed by atoms with van der Waals surface area (Å²) in [6.45, 7) is 0. The molecule has 0 amide bonds. The highest BCUT2D eigenvalue weighted by molar-refractivity contribution is 5.70. The van der Waals surface area contributed by atoms with Crippen LogP contribution >= 0.6 is 0 Å². The molecule has 0 radical (unpaired) electrons. The number of rotatable bonds is 5. The zero-order valence-corrected chi connectivity index (χ0v) is 15.9. The molecule has 0 saturated heterocycles. The molecule has 4 N–H and O–H groups in total. The quantitative estimate of drug-likeness (QED) is 0.576. The number of nitrogens with one attached hydrogen (secondary N) is 2. The van der Waals surface area contributed by atoms with E-state index in [1.165, 1.54) is 6.07 Å². The van der Waals surface area contributed by atoms with Gasteiger partial charge in [-0.3, -0.25) is 0 Å². The molecule has 0 unspecified atom stereocenters. The van der Waals surface area contributed by atoms with Crippen molar-refractivity contribution in [2.45, 2.75) is 37.8 Å². The van der Waals surface area contributed by atoms with E-state index in [0.717, 1.165) is 43.0 Å². The summed E-state index contributed by atoms with van der Waals surface area (Å²) in [4.78, 5) is 8.82. The third kappa shape index (κ3) is 4.68. The van der Waals surface area contributed by atoms with Crippen molar-refractivity contribution in [2.24, 2.45) is 5.73 Å². The van der Waals surface area contributed by atoms with Crippen LogP contribution in [0.5, 0.6) is 0 Å². The zero-order chi connectivity index (χ0) is 20.2. The Morgan fingerprint density at radius 2 is 1.76 bits per heavy atom. The number of anilines is 3. The first-order valence-electron chi connectivity index (χ1n) is 9.76. The molecule has 1 fully saturated rings.